The smallest absolute Gasteiger partial charge is 0.305 e. The fraction of sp³-hybridized carbons (Fsp3) is 0.885. The minimum Gasteiger partial charge on any atom is -0.466 e. The molecule has 0 radical (unpaired) electrons. The van der Waals surface area contributed by atoms with Gasteiger partial charge in [0.25, 0.3) is 0 Å². The van der Waals surface area contributed by atoms with Gasteiger partial charge in [0.2, 0.25) is 5.91 Å². The van der Waals surface area contributed by atoms with Crippen molar-refractivity contribution in [2.24, 2.45) is 0 Å². The van der Waals surface area contributed by atoms with E-state index in [9.17, 15) is 35.1 Å². The highest BCUT2D eigenvalue weighted by Gasteiger charge is 2.44. The van der Waals surface area contributed by atoms with E-state index in [4.69, 9.17) is 14.2 Å². The first-order chi connectivity index (χ1) is 30.7. The van der Waals surface area contributed by atoms with Gasteiger partial charge in [-0.2, -0.15) is 0 Å². The van der Waals surface area contributed by atoms with Gasteiger partial charge >= 0.3 is 5.97 Å². The molecular formula is C52H97NO10. The first-order valence-corrected chi connectivity index (χ1v) is 26.1. The fourth-order valence-electron chi connectivity index (χ4n) is 8.10. The van der Waals surface area contributed by atoms with Crippen molar-refractivity contribution in [3.05, 3.63) is 24.3 Å². The maximum atomic E-state index is 12.9. The van der Waals surface area contributed by atoms with E-state index in [1.54, 1.807) is 6.08 Å². The molecule has 11 heteroatoms. The molecule has 63 heavy (non-hydrogen) atoms. The molecule has 0 saturated carbocycles. The van der Waals surface area contributed by atoms with E-state index in [0.717, 1.165) is 70.6 Å². The molecule has 0 spiro atoms. The number of nitrogens with one attached hydrogen (secondary N) is 1. The molecule has 6 N–H and O–H groups in total. The molecule has 7 unspecified atom stereocenters. The van der Waals surface area contributed by atoms with E-state index in [0.29, 0.717) is 19.4 Å². The number of hydrogen-bond donors (Lipinski definition) is 6. The van der Waals surface area contributed by atoms with Gasteiger partial charge in [-0.3, -0.25) is 9.59 Å². The first kappa shape index (κ1) is 59.2. The Morgan fingerprint density at radius 1 is 0.571 bits per heavy atom. The largest absolute Gasteiger partial charge is 0.466 e. The van der Waals surface area contributed by atoms with Crippen LogP contribution in [0.1, 0.15) is 232 Å². The number of carbonyl (C=O) groups is 2. The summed E-state index contributed by atoms with van der Waals surface area (Å²) >= 11 is 0. The Kier molecular flexibility index (Phi) is 40.1. The highest BCUT2D eigenvalue weighted by molar-refractivity contribution is 5.76. The molecule has 0 aromatic rings. The lowest BCUT2D eigenvalue weighted by atomic mass is 9.99. The predicted octanol–water partition coefficient (Wildman–Crippen LogP) is 10.6. The summed E-state index contributed by atoms with van der Waals surface area (Å²) in [7, 11) is 0. The molecule has 370 valence electrons. The average Bonchev–Trinajstić information content (AvgIpc) is 3.28. The molecular weight excluding hydrogens is 799 g/mol. The molecule has 0 aliphatic carbocycles. The van der Waals surface area contributed by atoms with Crippen LogP contribution in [0.3, 0.4) is 0 Å². The molecule has 1 amide bonds. The van der Waals surface area contributed by atoms with Gasteiger partial charge in [0, 0.05) is 12.8 Å². The van der Waals surface area contributed by atoms with Crippen molar-refractivity contribution in [2.45, 2.75) is 275 Å². The van der Waals surface area contributed by atoms with E-state index in [1.165, 1.54) is 135 Å². The van der Waals surface area contributed by atoms with Gasteiger partial charge in [0.15, 0.2) is 6.29 Å². The zero-order valence-electron chi connectivity index (χ0n) is 40.3. The summed E-state index contributed by atoms with van der Waals surface area (Å²) in [5, 5.41) is 54.0. The lowest BCUT2D eigenvalue weighted by Crippen LogP contribution is -2.60. The van der Waals surface area contributed by atoms with Crippen molar-refractivity contribution in [3.63, 3.8) is 0 Å². The number of aliphatic hydroxyl groups is 5. The Labute approximate surface area is 384 Å². The number of carbonyl (C=O) groups excluding carboxylic acids is 2. The molecule has 1 aliphatic rings. The third-order valence-electron chi connectivity index (χ3n) is 12.3. The Morgan fingerprint density at radius 3 is 1.57 bits per heavy atom. The number of allylic oxidation sites excluding steroid dienone is 3. The zero-order chi connectivity index (χ0) is 46.0. The van der Waals surface area contributed by atoms with Crippen LogP contribution in [0.15, 0.2) is 24.3 Å². The number of unbranched alkanes of at least 4 members (excludes halogenated alkanes) is 28. The highest BCUT2D eigenvalue weighted by atomic mass is 16.7. The second-order valence-corrected chi connectivity index (χ2v) is 18.2. The van der Waals surface area contributed by atoms with Gasteiger partial charge < -0.3 is 45.1 Å². The van der Waals surface area contributed by atoms with E-state index < -0.39 is 49.5 Å². The summed E-state index contributed by atoms with van der Waals surface area (Å²) in [6.07, 6.45) is 38.4. The normalized spacial score (nSPS) is 20.1. The van der Waals surface area contributed by atoms with Crippen molar-refractivity contribution in [2.75, 3.05) is 19.8 Å². The molecule has 7 atom stereocenters. The van der Waals surface area contributed by atoms with Crippen LogP contribution >= 0.6 is 0 Å². The van der Waals surface area contributed by atoms with Crippen LogP contribution in [0, 0.1) is 0 Å². The molecule has 1 rings (SSSR count). The van der Waals surface area contributed by atoms with Crippen molar-refractivity contribution in [1.82, 2.24) is 5.32 Å². The third kappa shape index (κ3) is 33.3. The van der Waals surface area contributed by atoms with Gasteiger partial charge in [-0.05, 0) is 44.9 Å². The quantitative estimate of drug-likeness (QED) is 0.0196. The molecule has 0 aromatic heterocycles. The molecule has 0 bridgehead atoms. The Hall–Kier alpha value is -1.86. The Balaban J connectivity index is 2.12. The van der Waals surface area contributed by atoms with Crippen LogP contribution in [0.5, 0.6) is 0 Å². The van der Waals surface area contributed by atoms with Crippen LogP contribution in [0.25, 0.3) is 0 Å². The number of esters is 1. The Morgan fingerprint density at radius 2 is 1.03 bits per heavy atom. The summed E-state index contributed by atoms with van der Waals surface area (Å²) in [6, 6.07) is -0.833. The summed E-state index contributed by atoms with van der Waals surface area (Å²) in [5.41, 5.74) is 0. The molecule has 0 aromatic carbocycles. The highest BCUT2D eigenvalue weighted by Crippen LogP contribution is 2.23. The molecule has 1 saturated heterocycles. The van der Waals surface area contributed by atoms with E-state index in [2.05, 4.69) is 31.3 Å². The van der Waals surface area contributed by atoms with Gasteiger partial charge in [0.1, 0.15) is 24.4 Å². The SMILES string of the molecule is CCCCC/C=C/CC/C=C/C(O)C(COC1OC(CO)C(O)C(O)C1O)NC(=O)CCCCCCCCCCCCCCCCOC(=O)CCCCCCCCCCCCCC. The van der Waals surface area contributed by atoms with Gasteiger partial charge in [-0.15, -0.1) is 0 Å². The monoisotopic (exact) mass is 896 g/mol. The lowest BCUT2D eigenvalue weighted by Gasteiger charge is -2.40. The standard InChI is InChI=1S/C52H97NO10/c1-3-5-7-9-11-13-14-20-24-28-32-36-40-48(57)61-41-37-33-29-25-21-18-16-15-17-19-23-27-31-35-39-47(56)53-44(45(55)38-34-30-26-22-12-10-8-6-4-2)43-62-52-51(60)50(59)49(58)46(42-54)63-52/h12,22,34,38,44-46,49-52,54-55,58-60H,3-11,13-21,23-33,35-37,39-43H2,1-2H3,(H,53,56)/b22-12+,38-34+. The zero-order valence-corrected chi connectivity index (χ0v) is 40.3. The van der Waals surface area contributed by atoms with Gasteiger partial charge in [0.05, 0.1) is 32.0 Å². The first-order valence-electron chi connectivity index (χ1n) is 26.1. The van der Waals surface area contributed by atoms with E-state index in [1.807, 2.05) is 6.08 Å². The maximum absolute atomic E-state index is 12.9. The molecule has 1 fully saturated rings. The average molecular weight is 896 g/mol. The van der Waals surface area contributed by atoms with Crippen LogP contribution in [-0.4, -0.2) is 100 Å². The van der Waals surface area contributed by atoms with Crippen LogP contribution in [0.2, 0.25) is 0 Å². The Bertz CT molecular complexity index is 1100. The fourth-order valence-corrected chi connectivity index (χ4v) is 8.10. The topological polar surface area (TPSA) is 175 Å². The van der Waals surface area contributed by atoms with E-state index in [-0.39, 0.29) is 18.5 Å². The molecule has 1 aliphatic heterocycles. The third-order valence-corrected chi connectivity index (χ3v) is 12.3. The minimum absolute atomic E-state index is 0.0237. The number of hydrogen-bond acceptors (Lipinski definition) is 10. The molecule has 11 nitrogen and oxygen atoms in total. The van der Waals surface area contributed by atoms with Crippen LogP contribution in [0.4, 0.5) is 0 Å². The number of rotatable bonds is 44. The number of ether oxygens (including phenoxy) is 3. The maximum Gasteiger partial charge on any atom is 0.305 e. The number of aliphatic hydroxyl groups excluding tert-OH is 5. The van der Waals surface area contributed by atoms with Crippen molar-refractivity contribution < 1.29 is 49.3 Å². The molecule has 1 heterocycles. The van der Waals surface area contributed by atoms with Crippen LogP contribution in [-0.2, 0) is 23.8 Å². The summed E-state index contributed by atoms with van der Waals surface area (Å²) in [4.78, 5) is 25.0. The predicted molar refractivity (Wildman–Crippen MR) is 255 cm³/mol. The summed E-state index contributed by atoms with van der Waals surface area (Å²) in [6.45, 7) is 4.23. The lowest BCUT2D eigenvalue weighted by molar-refractivity contribution is -0.302. The summed E-state index contributed by atoms with van der Waals surface area (Å²) in [5.74, 6) is -0.229. The van der Waals surface area contributed by atoms with Crippen molar-refractivity contribution in [3.8, 4) is 0 Å². The number of amides is 1. The van der Waals surface area contributed by atoms with Gasteiger partial charge in [-0.1, -0.05) is 199 Å². The van der Waals surface area contributed by atoms with Crippen LogP contribution < -0.4 is 5.32 Å². The van der Waals surface area contributed by atoms with E-state index >= 15 is 0 Å². The van der Waals surface area contributed by atoms with Crippen molar-refractivity contribution >= 4 is 11.9 Å². The second kappa shape index (κ2) is 42.8. The van der Waals surface area contributed by atoms with Crippen molar-refractivity contribution in [1.29, 1.82) is 0 Å². The van der Waals surface area contributed by atoms with Gasteiger partial charge in [-0.25, -0.2) is 0 Å². The minimum atomic E-state index is -1.58. The summed E-state index contributed by atoms with van der Waals surface area (Å²) < 4.78 is 16.6. The second-order valence-electron chi connectivity index (χ2n) is 18.2.